The van der Waals surface area contributed by atoms with E-state index < -0.39 is 16.2 Å². The van der Waals surface area contributed by atoms with Gasteiger partial charge in [0.15, 0.2) is 5.75 Å². The van der Waals surface area contributed by atoms with Crippen molar-refractivity contribution in [1.82, 2.24) is 5.43 Å². The molecule has 10 heteroatoms. The third kappa shape index (κ3) is 5.78. The molecule has 0 aliphatic rings. The van der Waals surface area contributed by atoms with Gasteiger partial charge in [0.25, 0.3) is 0 Å². The summed E-state index contributed by atoms with van der Waals surface area (Å²) in [5, 5.41) is 3.66. The number of nitrogens with one attached hydrogen (secondary N) is 1. The summed E-state index contributed by atoms with van der Waals surface area (Å²) >= 11 is 6.00. The zero-order chi connectivity index (χ0) is 16.8. The summed E-state index contributed by atoms with van der Waals surface area (Å²) in [6.07, 6.45) is 1.45. The number of nitrogens with zero attached hydrogens (tertiary/aromatic N) is 1. The molecule has 0 fully saturated rings. The van der Waals surface area contributed by atoms with Crippen LogP contribution in [0.4, 0.5) is 4.79 Å². The molecule has 0 atom stereocenters. The normalized spacial score (nSPS) is 11.3. The van der Waals surface area contributed by atoms with E-state index in [1.165, 1.54) is 25.5 Å². The first kappa shape index (κ1) is 18.1. The number of ether oxygens (including phenoxy) is 2. The van der Waals surface area contributed by atoms with Crippen molar-refractivity contribution in [1.29, 1.82) is 0 Å². The fourth-order valence-corrected chi connectivity index (χ4v) is 2.14. The second-order valence-electron chi connectivity index (χ2n) is 3.91. The van der Waals surface area contributed by atoms with Crippen LogP contribution in [0.2, 0.25) is 5.02 Å². The van der Waals surface area contributed by atoms with Gasteiger partial charge in [-0.2, -0.15) is 13.5 Å². The Hall–Kier alpha value is -2.00. The standard InChI is InChI=1S/C12H15ClN2O6S/c1-4-20-10-6-8(7-14-15-12(16)19-2)5-9(13)11(10)21-22(3,17)18/h5-7H,4H2,1-3H3,(H,15,16). The molecule has 0 unspecified atom stereocenters. The van der Waals surface area contributed by atoms with Crippen molar-refractivity contribution in [3.05, 3.63) is 22.7 Å². The highest BCUT2D eigenvalue weighted by molar-refractivity contribution is 7.86. The minimum absolute atomic E-state index is 0.0240. The predicted molar refractivity (Wildman–Crippen MR) is 81.2 cm³/mol. The van der Waals surface area contributed by atoms with Gasteiger partial charge in [-0.15, -0.1) is 0 Å². The Morgan fingerprint density at radius 1 is 1.45 bits per heavy atom. The lowest BCUT2D eigenvalue weighted by Crippen LogP contribution is -2.16. The molecule has 0 aromatic heterocycles. The first-order valence-electron chi connectivity index (χ1n) is 5.99. The second kappa shape index (κ2) is 7.85. The van der Waals surface area contributed by atoms with E-state index in [1.807, 2.05) is 0 Å². The van der Waals surface area contributed by atoms with Crippen LogP contribution in [0.1, 0.15) is 12.5 Å². The molecule has 0 aliphatic carbocycles. The summed E-state index contributed by atoms with van der Waals surface area (Å²) in [7, 11) is -2.56. The van der Waals surface area contributed by atoms with Crippen LogP contribution in [0.15, 0.2) is 17.2 Å². The van der Waals surface area contributed by atoms with Crippen LogP contribution in [0.25, 0.3) is 0 Å². The van der Waals surface area contributed by atoms with Crippen LogP contribution in [0, 0.1) is 0 Å². The largest absolute Gasteiger partial charge is 0.490 e. The van der Waals surface area contributed by atoms with Crippen LogP contribution in [0.3, 0.4) is 0 Å². The Labute approximate surface area is 133 Å². The summed E-state index contributed by atoms with van der Waals surface area (Å²) in [5.41, 5.74) is 2.57. The van der Waals surface area contributed by atoms with Crippen LogP contribution in [-0.2, 0) is 14.9 Å². The molecule has 0 spiro atoms. The first-order chi connectivity index (χ1) is 10.3. The number of hydrogen-bond donors (Lipinski definition) is 1. The number of hydrazone groups is 1. The minimum atomic E-state index is -3.76. The molecule has 1 amide bonds. The van der Waals surface area contributed by atoms with Crippen molar-refractivity contribution < 1.29 is 26.9 Å². The topological polar surface area (TPSA) is 103 Å². The van der Waals surface area contributed by atoms with Crippen LogP contribution >= 0.6 is 11.6 Å². The number of amides is 1. The van der Waals surface area contributed by atoms with Gasteiger partial charge in [0, 0.05) is 0 Å². The monoisotopic (exact) mass is 350 g/mol. The molecule has 0 bridgehead atoms. The molecular weight excluding hydrogens is 336 g/mol. The molecule has 1 aromatic carbocycles. The number of halogens is 1. The molecule has 8 nitrogen and oxygen atoms in total. The molecule has 22 heavy (non-hydrogen) atoms. The van der Waals surface area contributed by atoms with E-state index in [-0.39, 0.29) is 23.1 Å². The maximum absolute atomic E-state index is 11.3. The molecule has 0 heterocycles. The highest BCUT2D eigenvalue weighted by Crippen LogP contribution is 2.37. The Bertz CT molecular complexity index is 674. The molecular formula is C12H15ClN2O6S. The highest BCUT2D eigenvalue weighted by atomic mass is 35.5. The predicted octanol–water partition coefficient (Wildman–Crippen LogP) is 1.77. The lowest BCUT2D eigenvalue weighted by atomic mass is 10.2. The fraction of sp³-hybridized carbons (Fsp3) is 0.333. The zero-order valence-electron chi connectivity index (χ0n) is 12.1. The van der Waals surface area contributed by atoms with Gasteiger partial charge < -0.3 is 13.7 Å². The van der Waals surface area contributed by atoms with Crippen molar-refractivity contribution in [3.63, 3.8) is 0 Å². The summed E-state index contributed by atoms with van der Waals surface area (Å²) in [6.45, 7) is 2.00. The van der Waals surface area contributed by atoms with Gasteiger partial charge in [-0.05, 0) is 24.6 Å². The number of rotatable bonds is 6. The van der Waals surface area contributed by atoms with Gasteiger partial charge in [-0.1, -0.05) is 11.6 Å². The van der Waals surface area contributed by atoms with Crippen molar-refractivity contribution >= 4 is 34.0 Å². The van der Waals surface area contributed by atoms with Gasteiger partial charge in [0.2, 0.25) is 5.75 Å². The SMILES string of the molecule is CCOc1cc(C=NNC(=O)OC)cc(Cl)c1OS(C)(=O)=O. The number of carbonyl (C=O) groups is 1. The van der Waals surface area contributed by atoms with Gasteiger partial charge in [-0.25, -0.2) is 10.2 Å². The molecule has 0 saturated heterocycles. The first-order valence-corrected chi connectivity index (χ1v) is 8.19. The Morgan fingerprint density at radius 3 is 2.68 bits per heavy atom. The number of hydrogen-bond acceptors (Lipinski definition) is 7. The summed E-state index contributed by atoms with van der Waals surface area (Å²) in [6, 6.07) is 2.88. The Balaban J connectivity index is 3.11. The maximum Gasteiger partial charge on any atom is 0.427 e. The Morgan fingerprint density at radius 2 is 2.14 bits per heavy atom. The van der Waals surface area contributed by atoms with Crippen molar-refractivity contribution in [3.8, 4) is 11.5 Å². The van der Waals surface area contributed by atoms with Gasteiger partial charge >= 0.3 is 16.2 Å². The number of benzene rings is 1. The van der Waals surface area contributed by atoms with Crippen molar-refractivity contribution in [2.75, 3.05) is 20.0 Å². The van der Waals surface area contributed by atoms with Gasteiger partial charge in [0.05, 0.1) is 31.2 Å². The van der Waals surface area contributed by atoms with Crippen LogP contribution in [-0.4, -0.2) is 40.7 Å². The number of methoxy groups -OCH3 is 1. The summed E-state index contributed by atoms with van der Waals surface area (Å²) in [5.74, 6) is 0.0315. The van der Waals surface area contributed by atoms with Crippen molar-refractivity contribution in [2.24, 2.45) is 5.10 Å². The molecule has 0 saturated carbocycles. The van der Waals surface area contributed by atoms with Crippen molar-refractivity contribution in [2.45, 2.75) is 6.92 Å². The van der Waals surface area contributed by atoms with Gasteiger partial charge in [-0.3, -0.25) is 0 Å². The average molecular weight is 351 g/mol. The quantitative estimate of drug-likeness (QED) is 0.476. The van der Waals surface area contributed by atoms with E-state index in [0.717, 1.165) is 6.26 Å². The van der Waals surface area contributed by atoms with E-state index in [2.05, 4.69) is 15.3 Å². The van der Waals surface area contributed by atoms with Crippen LogP contribution < -0.4 is 14.3 Å². The third-order valence-electron chi connectivity index (χ3n) is 2.12. The molecule has 1 aromatic rings. The third-order valence-corrected chi connectivity index (χ3v) is 2.87. The lowest BCUT2D eigenvalue weighted by molar-refractivity contribution is 0.171. The van der Waals surface area contributed by atoms with E-state index in [9.17, 15) is 13.2 Å². The van der Waals surface area contributed by atoms with E-state index in [1.54, 1.807) is 6.92 Å². The summed E-state index contributed by atoms with van der Waals surface area (Å²) < 4.78 is 37.0. The molecule has 0 radical (unpaired) electrons. The molecule has 1 N–H and O–H groups in total. The smallest absolute Gasteiger partial charge is 0.427 e. The number of carbonyl (C=O) groups excluding carboxylic acids is 1. The minimum Gasteiger partial charge on any atom is -0.490 e. The lowest BCUT2D eigenvalue weighted by Gasteiger charge is -2.12. The van der Waals surface area contributed by atoms with E-state index in [0.29, 0.717) is 5.56 Å². The second-order valence-corrected chi connectivity index (χ2v) is 5.89. The highest BCUT2D eigenvalue weighted by Gasteiger charge is 2.16. The zero-order valence-corrected chi connectivity index (χ0v) is 13.7. The molecule has 0 aliphatic heterocycles. The fourth-order valence-electron chi connectivity index (χ4n) is 1.36. The van der Waals surface area contributed by atoms with Gasteiger partial charge in [0.1, 0.15) is 0 Å². The molecule has 1 rings (SSSR count). The molecule has 122 valence electrons. The van der Waals surface area contributed by atoms with E-state index in [4.69, 9.17) is 20.5 Å². The average Bonchev–Trinajstić information content (AvgIpc) is 2.41. The van der Waals surface area contributed by atoms with Crippen LogP contribution in [0.5, 0.6) is 11.5 Å². The maximum atomic E-state index is 11.3. The Kier molecular flexibility index (Phi) is 6.44. The van der Waals surface area contributed by atoms with E-state index >= 15 is 0 Å². The summed E-state index contributed by atoms with van der Waals surface area (Å²) in [4.78, 5) is 10.9.